The Morgan fingerprint density at radius 2 is 1.96 bits per heavy atom. The molecular formula is C17H20F3N3O2. The molecule has 0 fully saturated rings. The number of benzene rings is 1. The normalized spacial score (nSPS) is 15.4. The van der Waals surface area contributed by atoms with Crippen LogP contribution in [0.25, 0.3) is 0 Å². The Morgan fingerprint density at radius 3 is 2.48 bits per heavy atom. The largest absolute Gasteiger partial charge is 0.425 e. The Bertz CT molecular complexity index is 715. The lowest BCUT2D eigenvalue weighted by molar-refractivity contribution is -0.271. The van der Waals surface area contributed by atoms with E-state index in [1.54, 1.807) is 0 Å². The molecule has 2 atom stereocenters. The molecule has 1 heterocycles. The maximum absolute atomic E-state index is 13.4. The highest BCUT2D eigenvalue weighted by atomic mass is 19.4. The van der Waals surface area contributed by atoms with Gasteiger partial charge in [0.1, 0.15) is 0 Å². The number of aromatic nitrogens is 2. The number of carbonyl (C=O) groups is 1. The molecule has 2 aromatic rings. The zero-order valence-electron chi connectivity index (χ0n) is 13.9. The molecule has 0 aliphatic carbocycles. The first kappa shape index (κ1) is 19.0. The van der Waals surface area contributed by atoms with Gasteiger partial charge in [0.2, 0.25) is 11.5 Å². The van der Waals surface area contributed by atoms with Crippen molar-refractivity contribution in [1.29, 1.82) is 0 Å². The first-order valence-electron chi connectivity index (χ1n) is 7.73. The van der Waals surface area contributed by atoms with Crippen molar-refractivity contribution < 1.29 is 23.1 Å². The molecule has 1 aromatic heterocycles. The summed E-state index contributed by atoms with van der Waals surface area (Å²) in [7, 11) is 1.33. The summed E-state index contributed by atoms with van der Waals surface area (Å²) in [6.07, 6.45) is -3.76. The summed E-state index contributed by atoms with van der Waals surface area (Å²) in [6.45, 7) is 2.02. The molecule has 25 heavy (non-hydrogen) atoms. The van der Waals surface area contributed by atoms with Crippen molar-refractivity contribution in [3.05, 3.63) is 54.1 Å². The molecule has 1 amide bonds. The number of nitrogens with one attached hydrogen (secondary N) is 1. The zero-order chi connectivity index (χ0) is 18.7. The first-order chi connectivity index (χ1) is 11.6. The molecular weight excluding hydrogens is 335 g/mol. The topological polar surface area (TPSA) is 67.2 Å². The molecule has 0 unspecified atom stereocenters. The molecule has 0 spiro atoms. The van der Waals surface area contributed by atoms with Crippen LogP contribution in [-0.4, -0.2) is 33.3 Å². The van der Waals surface area contributed by atoms with E-state index in [0.29, 0.717) is 0 Å². The molecule has 0 aliphatic rings. The molecule has 0 saturated heterocycles. The number of aryl methyl sites for hydroxylation is 1. The smallest absolute Gasteiger partial charge is 0.374 e. The van der Waals surface area contributed by atoms with Crippen molar-refractivity contribution in [1.82, 2.24) is 14.9 Å². The van der Waals surface area contributed by atoms with Gasteiger partial charge >= 0.3 is 6.18 Å². The van der Waals surface area contributed by atoms with Crippen LogP contribution in [0.15, 0.2) is 42.7 Å². The van der Waals surface area contributed by atoms with Gasteiger partial charge in [0.15, 0.2) is 5.82 Å². The van der Waals surface area contributed by atoms with Crippen molar-refractivity contribution in [2.45, 2.75) is 31.0 Å². The van der Waals surface area contributed by atoms with Gasteiger partial charge in [0.25, 0.3) is 0 Å². The van der Waals surface area contributed by atoms with E-state index < -0.39 is 29.9 Å². The number of rotatable bonds is 6. The average molecular weight is 355 g/mol. The summed E-state index contributed by atoms with van der Waals surface area (Å²) < 4.78 is 41.2. The van der Waals surface area contributed by atoms with Crippen LogP contribution in [0.2, 0.25) is 0 Å². The number of hydrogen-bond donors (Lipinski definition) is 2. The monoisotopic (exact) mass is 355 g/mol. The SMILES string of the molecule is C[C@@H](CNC(=O)C[C@](O)(c1nccn1C)C(F)(F)F)c1ccccc1. The van der Waals surface area contributed by atoms with Gasteiger partial charge in [-0.05, 0) is 11.5 Å². The number of halogens is 3. The molecule has 0 aliphatic heterocycles. The molecule has 0 saturated carbocycles. The van der Waals surface area contributed by atoms with Gasteiger partial charge in [-0.15, -0.1) is 0 Å². The van der Waals surface area contributed by atoms with Crippen LogP contribution in [0.1, 0.15) is 30.7 Å². The van der Waals surface area contributed by atoms with E-state index in [9.17, 15) is 23.1 Å². The Kier molecular flexibility index (Phi) is 5.52. The Balaban J connectivity index is 2.07. The standard InChI is InChI=1S/C17H20F3N3O2/c1-12(13-6-4-3-5-7-13)11-22-14(24)10-16(25,17(18,19)20)15-21-8-9-23(15)2/h3-9,12,25H,10-11H2,1-2H3,(H,22,24)/t12-,16-/m0/s1. The number of aliphatic hydroxyl groups is 1. The molecule has 136 valence electrons. The number of alkyl halides is 3. The minimum absolute atomic E-state index is 0.0720. The lowest BCUT2D eigenvalue weighted by Gasteiger charge is -2.29. The fraction of sp³-hybridized carbons (Fsp3) is 0.412. The summed E-state index contributed by atoms with van der Waals surface area (Å²) in [5.74, 6) is -1.59. The fourth-order valence-electron chi connectivity index (χ4n) is 2.53. The van der Waals surface area contributed by atoms with Gasteiger partial charge in [-0.2, -0.15) is 13.2 Å². The Morgan fingerprint density at radius 1 is 1.32 bits per heavy atom. The lowest BCUT2D eigenvalue weighted by atomic mass is 9.96. The van der Waals surface area contributed by atoms with E-state index in [1.807, 2.05) is 37.3 Å². The van der Waals surface area contributed by atoms with Crippen LogP contribution in [0.5, 0.6) is 0 Å². The second-order valence-electron chi connectivity index (χ2n) is 6.01. The number of hydrogen-bond acceptors (Lipinski definition) is 3. The number of amides is 1. The number of carbonyl (C=O) groups excluding carboxylic acids is 1. The van der Waals surface area contributed by atoms with E-state index in [-0.39, 0.29) is 12.5 Å². The van der Waals surface area contributed by atoms with Crippen molar-refractivity contribution in [2.75, 3.05) is 6.54 Å². The highest BCUT2D eigenvalue weighted by molar-refractivity contribution is 5.77. The summed E-state index contributed by atoms with van der Waals surface area (Å²) in [5.41, 5.74) is -2.39. The highest BCUT2D eigenvalue weighted by Crippen LogP contribution is 2.40. The minimum atomic E-state index is -5.03. The van der Waals surface area contributed by atoms with Gasteiger partial charge in [-0.3, -0.25) is 4.79 Å². The predicted octanol–water partition coefficient (Wildman–Crippen LogP) is 2.48. The fourth-order valence-corrected chi connectivity index (χ4v) is 2.53. The Labute approximate surface area is 143 Å². The number of imidazole rings is 1. The van der Waals surface area contributed by atoms with Crippen LogP contribution in [-0.2, 0) is 17.4 Å². The van der Waals surface area contributed by atoms with Gasteiger partial charge in [-0.1, -0.05) is 37.3 Å². The zero-order valence-corrected chi connectivity index (χ0v) is 13.9. The first-order valence-corrected chi connectivity index (χ1v) is 7.73. The van der Waals surface area contributed by atoms with E-state index in [4.69, 9.17) is 0 Å². The summed E-state index contributed by atoms with van der Waals surface area (Å²) in [6, 6.07) is 9.28. The molecule has 1 aromatic carbocycles. The van der Waals surface area contributed by atoms with Gasteiger partial charge in [0.05, 0.1) is 6.42 Å². The van der Waals surface area contributed by atoms with E-state index >= 15 is 0 Å². The second kappa shape index (κ2) is 7.26. The van der Waals surface area contributed by atoms with Gasteiger partial charge in [-0.25, -0.2) is 4.98 Å². The third-order valence-electron chi connectivity index (χ3n) is 4.05. The van der Waals surface area contributed by atoms with Crippen molar-refractivity contribution >= 4 is 5.91 Å². The van der Waals surface area contributed by atoms with Crippen LogP contribution < -0.4 is 5.32 Å². The Hall–Kier alpha value is -2.35. The third kappa shape index (κ3) is 4.19. The third-order valence-corrected chi connectivity index (χ3v) is 4.05. The van der Waals surface area contributed by atoms with E-state index in [0.717, 1.165) is 16.3 Å². The molecule has 0 bridgehead atoms. The van der Waals surface area contributed by atoms with E-state index in [1.165, 1.54) is 13.2 Å². The van der Waals surface area contributed by atoms with Crippen LogP contribution in [0.3, 0.4) is 0 Å². The molecule has 5 nitrogen and oxygen atoms in total. The molecule has 2 rings (SSSR count). The quantitative estimate of drug-likeness (QED) is 0.837. The van der Waals surface area contributed by atoms with Crippen LogP contribution >= 0.6 is 0 Å². The van der Waals surface area contributed by atoms with Crippen molar-refractivity contribution in [3.8, 4) is 0 Å². The second-order valence-corrected chi connectivity index (χ2v) is 6.01. The molecule has 2 N–H and O–H groups in total. The van der Waals surface area contributed by atoms with E-state index in [2.05, 4.69) is 10.3 Å². The van der Waals surface area contributed by atoms with Crippen LogP contribution in [0, 0.1) is 0 Å². The average Bonchev–Trinajstić information content (AvgIpc) is 2.99. The molecule has 0 radical (unpaired) electrons. The number of nitrogens with zero attached hydrogens (tertiary/aromatic N) is 2. The maximum Gasteiger partial charge on any atom is 0.425 e. The summed E-state index contributed by atoms with van der Waals surface area (Å²) in [4.78, 5) is 15.6. The molecule has 8 heteroatoms. The van der Waals surface area contributed by atoms with Crippen molar-refractivity contribution in [2.24, 2.45) is 7.05 Å². The predicted molar refractivity (Wildman–Crippen MR) is 85.6 cm³/mol. The minimum Gasteiger partial charge on any atom is -0.374 e. The van der Waals surface area contributed by atoms with Gasteiger partial charge < -0.3 is 15.0 Å². The van der Waals surface area contributed by atoms with Crippen LogP contribution in [0.4, 0.5) is 13.2 Å². The van der Waals surface area contributed by atoms with Gasteiger partial charge in [0, 0.05) is 26.0 Å². The maximum atomic E-state index is 13.4. The summed E-state index contributed by atoms with van der Waals surface area (Å²) >= 11 is 0. The lowest BCUT2D eigenvalue weighted by Crippen LogP contribution is -2.48. The highest BCUT2D eigenvalue weighted by Gasteiger charge is 2.58. The van der Waals surface area contributed by atoms with Crippen molar-refractivity contribution in [3.63, 3.8) is 0 Å². The summed E-state index contributed by atoms with van der Waals surface area (Å²) in [5, 5.41) is 12.6.